The van der Waals surface area contributed by atoms with Crippen LogP contribution in [0.2, 0.25) is 0 Å². The maximum Gasteiger partial charge on any atom is 0.123 e. The normalized spacial score (nSPS) is 20.4. The lowest BCUT2D eigenvalue weighted by molar-refractivity contribution is 0.340. The molecule has 0 radical (unpaired) electrons. The zero-order valence-corrected chi connectivity index (χ0v) is 11.7. The maximum atomic E-state index is 5.91. The zero-order chi connectivity index (χ0) is 13.9. The topological polar surface area (TPSA) is 47.3 Å². The van der Waals surface area contributed by atoms with Crippen LogP contribution >= 0.6 is 0 Å². The fourth-order valence-electron chi connectivity index (χ4n) is 2.59. The molecule has 3 rings (SSSR count). The lowest BCUT2D eigenvalue weighted by Crippen LogP contribution is -2.05. The predicted octanol–water partition coefficient (Wildman–Crippen LogP) is 3.64. The van der Waals surface area contributed by atoms with Gasteiger partial charge in [0.05, 0.1) is 6.61 Å². The van der Waals surface area contributed by atoms with E-state index in [1.807, 2.05) is 25.1 Å². The number of benzene rings is 2. The molecule has 3 heteroatoms. The Morgan fingerprint density at radius 2 is 2.00 bits per heavy atom. The Morgan fingerprint density at radius 1 is 1.20 bits per heavy atom. The third-order valence-corrected chi connectivity index (χ3v) is 3.61. The lowest BCUT2D eigenvalue weighted by atomic mass is 10.1. The predicted molar refractivity (Wildman–Crippen MR) is 83.2 cm³/mol. The first-order valence-corrected chi connectivity index (χ1v) is 7.11. The minimum absolute atomic E-state index is 0.494. The molecule has 1 aliphatic rings. The van der Waals surface area contributed by atoms with Crippen LogP contribution in [0.3, 0.4) is 0 Å². The highest BCUT2D eigenvalue weighted by molar-refractivity contribution is 5.60. The summed E-state index contributed by atoms with van der Waals surface area (Å²) in [5, 5.41) is 3.54. The highest BCUT2D eigenvalue weighted by atomic mass is 16.5. The first kappa shape index (κ1) is 12.9. The van der Waals surface area contributed by atoms with Crippen molar-refractivity contribution in [2.24, 2.45) is 0 Å². The molecule has 0 bridgehead atoms. The molecule has 20 heavy (non-hydrogen) atoms. The zero-order valence-electron chi connectivity index (χ0n) is 11.7. The highest BCUT2D eigenvalue weighted by Crippen LogP contribution is 2.43. The molecule has 0 saturated heterocycles. The van der Waals surface area contributed by atoms with Crippen LogP contribution in [0.5, 0.6) is 5.75 Å². The lowest BCUT2D eigenvalue weighted by Gasteiger charge is -2.10. The van der Waals surface area contributed by atoms with E-state index in [0.29, 0.717) is 18.6 Å². The monoisotopic (exact) mass is 268 g/mol. The van der Waals surface area contributed by atoms with Crippen LogP contribution in [-0.4, -0.2) is 12.6 Å². The van der Waals surface area contributed by atoms with Crippen LogP contribution in [0.4, 0.5) is 11.4 Å². The molecule has 2 atom stereocenters. The van der Waals surface area contributed by atoms with Gasteiger partial charge >= 0.3 is 0 Å². The van der Waals surface area contributed by atoms with E-state index >= 15 is 0 Å². The van der Waals surface area contributed by atoms with Crippen molar-refractivity contribution in [2.75, 3.05) is 17.7 Å². The van der Waals surface area contributed by atoms with Gasteiger partial charge in [0.1, 0.15) is 5.75 Å². The van der Waals surface area contributed by atoms with E-state index in [1.54, 1.807) is 0 Å². The van der Waals surface area contributed by atoms with E-state index in [4.69, 9.17) is 10.5 Å². The number of anilines is 2. The molecule has 3 nitrogen and oxygen atoms in total. The number of hydrogen-bond donors (Lipinski definition) is 2. The van der Waals surface area contributed by atoms with Gasteiger partial charge in [-0.3, -0.25) is 0 Å². The molecular formula is C17H20N2O. The summed E-state index contributed by atoms with van der Waals surface area (Å²) in [5.74, 6) is 1.43. The van der Waals surface area contributed by atoms with E-state index in [0.717, 1.165) is 17.1 Å². The van der Waals surface area contributed by atoms with Crippen LogP contribution < -0.4 is 15.8 Å². The van der Waals surface area contributed by atoms with Gasteiger partial charge < -0.3 is 15.8 Å². The molecule has 0 heterocycles. The molecule has 1 fully saturated rings. The van der Waals surface area contributed by atoms with Crippen molar-refractivity contribution in [3.63, 3.8) is 0 Å². The molecule has 2 aromatic carbocycles. The fraction of sp³-hybridized carbons (Fsp3) is 0.294. The molecule has 0 amide bonds. The first-order valence-electron chi connectivity index (χ1n) is 7.11. The number of rotatable bonds is 5. The highest BCUT2D eigenvalue weighted by Gasteiger charge is 2.38. The van der Waals surface area contributed by atoms with Gasteiger partial charge in [-0.05, 0) is 25.0 Å². The van der Waals surface area contributed by atoms with Gasteiger partial charge in [-0.15, -0.1) is 0 Å². The Morgan fingerprint density at radius 3 is 2.75 bits per heavy atom. The number of nitrogen functional groups attached to an aromatic ring is 1. The third-order valence-electron chi connectivity index (χ3n) is 3.61. The Balaban J connectivity index is 1.68. The standard InChI is InChI=1S/C17H20N2O/c1-2-20-15-9-13(18)8-14(10-15)19-17-11-16(17)12-6-4-3-5-7-12/h3-10,16-17,19H,2,11,18H2,1H3. The van der Waals surface area contributed by atoms with Crippen LogP contribution in [-0.2, 0) is 0 Å². The van der Waals surface area contributed by atoms with Crippen LogP contribution in [0, 0.1) is 0 Å². The molecular weight excluding hydrogens is 248 g/mol. The second-order valence-electron chi connectivity index (χ2n) is 5.23. The van der Waals surface area contributed by atoms with Crippen molar-refractivity contribution >= 4 is 11.4 Å². The minimum Gasteiger partial charge on any atom is -0.494 e. The van der Waals surface area contributed by atoms with Crippen molar-refractivity contribution in [1.29, 1.82) is 0 Å². The van der Waals surface area contributed by atoms with E-state index in [2.05, 4.69) is 35.6 Å². The van der Waals surface area contributed by atoms with E-state index in [-0.39, 0.29) is 0 Å². The van der Waals surface area contributed by atoms with Gasteiger partial charge in [-0.25, -0.2) is 0 Å². The van der Waals surface area contributed by atoms with E-state index < -0.39 is 0 Å². The summed E-state index contributed by atoms with van der Waals surface area (Å²) in [4.78, 5) is 0. The quantitative estimate of drug-likeness (QED) is 0.814. The van der Waals surface area contributed by atoms with Crippen LogP contribution in [0.15, 0.2) is 48.5 Å². The Hall–Kier alpha value is -2.16. The summed E-state index contributed by atoms with van der Waals surface area (Å²) in [7, 11) is 0. The second kappa shape index (κ2) is 5.45. The Labute approximate surface area is 119 Å². The van der Waals surface area contributed by atoms with Crippen LogP contribution in [0.1, 0.15) is 24.8 Å². The van der Waals surface area contributed by atoms with Crippen molar-refractivity contribution < 1.29 is 4.74 Å². The molecule has 1 aliphatic carbocycles. The van der Waals surface area contributed by atoms with Gasteiger partial charge in [0.25, 0.3) is 0 Å². The summed E-state index contributed by atoms with van der Waals surface area (Å²) < 4.78 is 5.52. The van der Waals surface area contributed by atoms with Gasteiger partial charge in [-0.2, -0.15) is 0 Å². The molecule has 2 unspecified atom stereocenters. The number of nitrogens with two attached hydrogens (primary N) is 1. The summed E-state index contributed by atoms with van der Waals surface area (Å²) >= 11 is 0. The second-order valence-corrected chi connectivity index (χ2v) is 5.23. The van der Waals surface area contributed by atoms with Gasteiger partial charge in [0.15, 0.2) is 0 Å². The minimum atomic E-state index is 0.494. The molecule has 2 aromatic rings. The summed E-state index contributed by atoms with van der Waals surface area (Å²) in [6.45, 7) is 2.63. The smallest absolute Gasteiger partial charge is 0.123 e. The average molecular weight is 268 g/mol. The third kappa shape index (κ3) is 2.87. The Kier molecular flexibility index (Phi) is 3.50. The van der Waals surface area contributed by atoms with Crippen molar-refractivity contribution in [3.8, 4) is 5.75 Å². The van der Waals surface area contributed by atoms with Gasteiger partial charge in [-0.1, -0.05) is 30.3 Å². The molecule has 3 N–H and O–H groups in total. The molecule has 0 spiro atoms. The summed E-state index contributed by atoms with van der Waals surface area (Å²) in [6, 6.07) is 17.0. The number of nitrogens with one attached hydrogen (secondary N) is 1. The SMILES string of the molecule is CCOc1cc(N)cc(NC2CC2c2ccccc2)c1. The van der Waals surface area contributed by atoms with Gasteiger partial charge in [0.2, 0.25) is 0 Å². The van der Waals surface area contributed by atoms with Crippen molar-refractivity contribution in [3.05, 3.63) is 54.1 Å². The molecule has 0 aromatic heterocycles. The molecule has 0 aliphatic heterocycles. The molecule has 1 saturated carbocycles. The Bertz CT molecular complexity index is 583. The number of hydrogen-bond acceptors (Lipinski definition) is 3. The van der Waals surface area contributed by atoms with Crippen LogP contribution in [0.25, 0.3) is 0 Å². The average Bonchev–Trinajstić information content (AvgIpc) is 3.19. The maximum absolute atomic E-state index is 5.91. The summed E-state index contributed by atoms with van der Waals surface area (Å²) in [6.07, 6.45) is 1.17. The first-order chi connectivity index (χ1) is 9.76. The summed E-state index contributed by atoms with van der Waals surface area (Å²) in [5.41, 5.74) is 9.08. The largest absolute Gasteiger partial charge is 0.494 e. The fourth-order valence-corrected chi connectivity index (χ4v) is 2.59. The number of ether oxygens (including phenoxy) is 1. The van der Waals surface area contributed by atoms with E-state index in [9.17, 15) is 0 Å². The van der Waals surface area contributed by atoms with E-state index in [1.165, 1.54) is 12.0 Å². The van der Waals surface area contributed by atoms with Gasteiger partial charge in [0, 0.05) is 35.5 Å². The molecule has 104 valence electrons. The van der Waals surface area contributed by atoms with Crippen molar-refractivity contribution in [1.82, 2.24) is 0 Å². The van der Waals surface area contributed by atoms with Crippen molar-refractivity contribution in [2.45, 2.75) is 25.3 Å².